The SMILES string of the molecule is Cc1ccc(-c2noc(-c3ccc(C)c(N4CCNC4=O)c3)n2)nn1. The van der Waals surface area contributed by atoms with Crippen LogP contribution in [-0.2, 0) is 0 Å². The Morgan fingerprint density at radius 3 is 2.76 bits per heavy atom. The number of hydrogen-bond acceptors (Lipinski definition) is 6. The summed E-state index contributed by atoms with van der Waals surface area (Å²) in [7, 11) is 0. The van der Waals surface area contributed by atoms with E-state index in [9.17, 15) is 4.79 Å². The molecule has 126 valence electrons. The summed E-state index contributed by atoms with van der Waals surface area (Å²) in [6, 6.07) is 9.26. The van der Waals surface area contributed by atoms with Crippen LogP contribution in [0.3, 0.4) is 0 Å². The van der Waals surface area contributed by atoms with Crippen LogP contribution in [0, 0.1) is 13.8 Å². The first-order chi connectivity index (χ1) is 12.1. The number of hydrogen-bond donors (Lipinski definition) is 1. The average Bonchev–Trinajstić information content (AvgIpc) is 3.25. The highest BCUT2D eigenvalue weighted by Crippen LogP contribution is 2.29. The van der Waals surface area contributed by atoms with Gasteiger partial charge in [-0.15, -0.1) is 5.10 Å². The van der Waals surface area contributed by atoms with Gasteiger partial charge in [-0.2, -0.15) is 10.1 Å². The smallest absolute Gasteiger partial charge is 0.322 e. The molecule has 1 saturated heterocycles. The van der Waals surface area contributed by atoms with Crippen LogP contribution in [0.1, 0.15) is 11.3 Å². The fourth-order valence-electron chi connectivity index (χ4n) is 2.70. The van der Waals surface area contributed by atoms with Crippen molar-refractivity contribution in [2.24, 2.45) is 0 Å². The molecule has 1 aliphatic heterocycles. The molecule has 1 aromatic carbocycles. The topological polar surface area (TPSA) is 97.0 Å². The molecule has 1 aliphatic rings. The molecule has 0 radical (unpaired) electrons. The molecular weight excluding hydrogens is 320 g/mol. The lowest BCUT2D eigenvalue weighted by Gasteiger charge is -2.17. The molecule has 1 N–H and O–H groups in total. The van der Waals surface area contributed by atoms with Crippen molar-refractivity contribution in [3.05, 3.63) is 41.6 Å². The highest BCUT2D eigenvalue weighted by molar-refractivity contribution is 5.95. The Balaban J connectivity index is 1.68. The summed E-state index contributed by atoms with van der Waals surface area (Å²) >= 11 is 0. The van der Waals surface area contributed by atoms with E-state index in [2.05, 4.69) is 25.7 Å². The summed E-state index contributed by atoms with van der Waals surface area (Å²) in [6.45, 7) is 5.10. The lowest BCUT2D eigenvalue weighted by molar-refractivity contribution is 0.252. The van der Waals surface area contributed by atoms with Crippen LogP contribution in [0.2, 0.25) is 0 Å². The number of aromatic nitrogens is 4. The van der Waals surface area contributed by atoms with Crippen LogP contribution in [0.15, 0.2) is 34.9 Å². The number of carbonyl (C=O) groups is 1. The van der Waals surface area contributed by atoms with E-state index in [1.54, 1.807) is 11.0 Å². The summed E-state index contributed by atoms with van der Waals surface area (Å²) in [5.41, 5.74) is 3.96. The third-order valence-corrected chi connectivity index (χ3v) is 4.06. The monoisotopic (exact) mass is 336 g/mol. The summed E-state index contributed by atoms with van der Waals surface area (Å²) in [6.07, 6.45) is 0. The predicted octanol–water partition coefficient (Wildman–Crippen LogP) is 2.34. The molecular formula is C17H16N6O2. The Morgan fingerprint density at radius 1 is 1.16 bits per heavy atom. The number of anilines is 1. The number of carbonyl (C=O) groups excluding carboxylic acids is 1. The van der Waals surface area contributed by atoms with Gasteiger partial charge in [-0.3, -0.25) is 4.90 Å². The van der Waals surface area contributed by atoms with Crippen LogP contribution < -0.4 is 10.2 Å². The minimum atomic E-state index is -0.0959. The molecule has 8 nitrogen and oxygen atoms in total. The van der Waals surface area contributed by atoms with Crippen molar-refractivity contribution in [1.29, 1.82) is 0 Å². The van der Waals surface area contributed by atoms with Crippen LogP contribution in [0.4, 0.5) is 10.5 Å². The van der Waals surface area contributed by atoms with Crippen LogP contribution in [-0.4, -0.2) is 39.5 Å². The van der Waals surface area contributed by atoms with E-state index in [0.717, 1.165) is 22.5 Å². The zero-order chi connectivity index (χ0) is 17.4. The lowest BCUT2D eigenvalue weighted by Crippen LogP contribution is -2.28. The van der Waals surface area contributed by atoms with E-state index in [4.69, 9.17) is 4.52 Å². The van der Waals surface area contributed by atoms with Gasteiger partial charge in [0.25, 0.3) is 5.89 Å². The Hall–Kier alpha value is -3.29. The second-order valence-corrected chi connectivity index (χ2v) is 5.87. The van der Waals surface area contributed by atoms with Crippen molar-refractivity contribution < 1.29 is 9.32 Å². The Kier molecular flexibility index (Phi) is 3.64. The Bertz CT molecular complexity index is 935. The highest BCUT2D eigenvalue weighted by atomic mass is 16.5. The van der Waals surface area contributed by atoms with Gasteiger partial charge >= 0.3 is 6.03 Å². The molecule has 8 heteroatoms. The van der Waals surface area contributed by atoms with E-state index in [-0.39, 0.29) is 6.03 Å². The standard InChI is InChI=1S/C17H16N6O2/c1-10-3-5-12(9-14(10)23-8-7-18-17(23)24)16-19-15(22-25-16)13-6-4-11(2)20-21-13/h3-6,9H,7-8H2,1-2H3,(H,18,24). The van der Waals surface area contributed by atoms with E-state index in [1.807, 2.05) is 38.1 Å². The van der Waals surface area contributed by atoms with E-state index in [0.29, 0.717) is 30.5 Å². The molecule has 2 aromatic heterocycles. The lowest BCUT2D eigenvalue weighted by atomic mass is 10.1. The van der Waals surface area contributed by atoms with E-state index < -0.39 is 0 Å². The van der Waals surface area contributed by atoms with E-state index in [1.165, 1.54) is 0 Å². The summed E-state index contributed by atoms with van der Waals surface area (Å²) in [5.74, 6) is 0.752. The van der Waals surface area contributed by atoms with Crippen molar-refractivity contribution in [1.82, 2.24) is 25.7 Å². The first-order valence-corrected chi connectivity index (χ1v) is 7.92. The number of benzene rings is 1. The van der Waals surface area contributed by atoms with Gasteiger partial charge < -0.3 is 9.84 Å². The zero-order valence-electron chi connectivity index (χ0n) is 13.9. The normalized spacial score (nSPS) is 14.0. The van der Waals surface area contributed by atoms with Gasteiger partial charge in [0.2, 0.25) is 5.82 Å². The third kappa shape index (κ3) is 2.82. The Labute approximate surface area is 143 Å². The molecule has 0 atom stereocenters. The molecule has 25 heavy (non-hydrogen) atoms. The number of rotatable bonds is 3. The molecule has 0 unspecified atom stereocenters. The first kappa shape index (κ1) is 15.3. The van der Waals surface area contributed by atoms with Gasteiger partial charge in [0.05, 0.1) is 5.69 Å². The van der Waals surface area contributed by atoms with Crippen LogP contribution in [0.5, 0.6) is 0 Å². The molecule has 0 bridgehead atoms. The minimum Gasteiger partial charge on any atom is -0.336 e. The van der Waals surface area contributed by atoms with Gasteiger partial charge in [-0.25, -0.2) is 4.79 Å². The van der Waals surface area contributed by atoms with Crippen molar-refractivity contribution in [2.75, 3.05) is 18.0 Å². The maximum atomic E-state index is 11.9. The maximum absolute atomic E-state index is 11.9. The fraction of sp³-hybridized carbons (Fsp3) is 0.235. The van der Waals surface area contributed by atoms with Crippen molar-refractivity contribution in [3.8, 4) is 23.0 Å². The van der Waals surface area contributed by atoms with E-state index >= 15 is 0 Å². The summed E-state index contributed by atoms with van der Waals surface area (Å²) < 4.78 is 5.37. The molecule has 2 amide bonds. The number of nitrogens with one attached hydrogen (secondary N) is 1. The second-order valence-electron chi connectivity index (χ2n) is 5.87. The minimum absolute atomic E-state index is 0.0959. The van der Waals surface area contributed by atoms with Crippen molar-refractivity contribution in [3.63, 3.8) is 0 Å². The number of amides is 2. The average molecular weight is 336 g/mol. The number of nitrogens with zero attached hydrogens (tertiary/aromatic N) is 5. The van der Waals surface area contributed by atoms with Crippen LogP contribution in [0.25, 0.3) is 23.0 Å². The zero-order valence-corrected chi connectivity index (χ0v) is 13.9. The fourth-order valence-corrected chi connectivity index (χ4v) is 2.70. The molecule has 3 heterocycles. The van der Waals surface area contributed by atoms with Gasteiger partial charge in [0, 0.05) is 24.3 Å². The Morgan fingerprint density at radius 2 is 2.04 bits per heavy atom. The molecule has 0 saturated carbocycles. The third-order valence-electron chi connectivity index (χ3n) is 4.06. The van der Waals surface area contributed by atoms with Crippen molar-refractivity contribution >= 4 is 11.7 Å². The molecule has 3 aromatic rings. The van der Waals surface area contributed by atoms with Crippen molar-refractivity contribution in [2.45, 2.75) is 13.8 Å². The van der Waals surface area contributed by atoms with Gasteiger partial charge in [-0.05, 0) is 43.7 Å². The highest BCUT2D eigenvalue weighted by Gasteiger charge is 2.23. The molecule has 1 fully saturated rings. The number of aryl methyl sites for hydroxylation is 2. The second kappa shape index (κ2) is 5.97. The van der Waals surface area contributed by atoms with Crippen LogP contribution >= 0.6 is 0 Å². The molecule has 0 aliphatic carbocycles. The first-order valence-electron chi connectivity index (χ1n) is 7.92. The maximum Gasteiger partial charge on any atom is 0.322 e. The van der Waals surface area contributed by atoms with Gasteiger partial charge in [0.1, 0.15) is 5.69 Å². The van der Waals surface area contributed by atoms with Gasteiger partial charge in [0.15, 0.2) is 0 Å². The largest absolute Gasteiger partial charge is 0.336 e. The number of urea groups is 1. The summed E-state index contributed by atoms with van der Waals surface area (Å²) in [4.78, 5) is 18.0. The quantitative estimate of drug-likeness (QED) is 0.788. The molecule has 0 spiro atoms. The summed E-state index contributed by atoms with van der Waals surface area (Å²) in [5, 5.41) is 14.8. The van der Waals surface area contributed by atoms with Gasteiger partial charge in [-0.1, -0.05) is 11.2 Å². The molecule has 4 rings (SSSR count). The predicted molar refractivity (Wildman–Crippen MR) is 91.0 cm³/mol.